The second-order valence-corrected chi connectivity index (χ2v) is 6.82. The maximum atomic E-state index is 11.6. The van der Waals surface area contributed by atoms with E-state index in [0.29, 0.717) is 17.9 Å². The van der Waals surface area contributed by atoms with Crippen molar-refractivity contribution in [1.29, 1.82) is 0 Å². The zero-order valence-electron chi connectivity index (χ0n) is 12.7. The summed E-state index contributed by atoms with van der Waals surface area (Å²) in [5.74, 6) is 1.35. The van der Waals surface area contributed by atoms with Crippen molar-refractivity contribution in [2.75, 3.05) is 27.7 Å². The van der Waals surface area contributed by atoms with Gasteiger partial charge in [-0.05, 0) is 12.1 Å². The summed E-state index contributed by atoms with van der Waals surface area (Å²) in [6.07, 6.45) is 0.445. The molecule has 0 bridgehead atoms. The van der Waals surface area contributed by atoms with Crippen LogP contribution in [-0.4, -0.2) is 45.6 Å². The SMILES string of the molecule is COc1cccc(-c2cc(CCNS(=O)(=O)N(C)C)no2)c1. The van der Waals surface area contributed by atoms with Crippen molar-refractivity contribution in [3.05, 3.63) is 36.0 Å². The molecule has 0 atom stereocenters. The van der Waals surface area contributed by atoms with Gasteiger partial charge in [0, 0.05) is 38.7 Å². The molecule has 0 aliphatic carbocycles. The van der Waals surface area contributed by atoms with E-state index in [0.717, 1.165) is 15.6 Å². The standard InChI is InChI=1S/C14H19N3O4S/c1-17(2)22(18,19)15-8-7-12-10-14(21-16-12)11-5-4-6-13(9-11)20-3/h4-6,9-10,15H,7-8H2,1-3H3. The molecule has 0 aliphatic rings. The molecule has 120 valence electrons. The van der Waals surface area contributed by atoms with Crippen molar-refractivity contribution in [2.45, 2.75) is 6.42 Å². The number of hydrogen-bond donors (Lipinski definition) is 1. The lowest BCUT2D eigenvalue weighted by molar-refractivity contribution is 0.412. The minimum absolute atomic E-state index is 0.255. The van der Waals surface area contributed by atoms with Gasteiger partial charge in [0.2, 0.25) is 0 Å². The molecule has 1 heterocycles. The first kappa shape index (κ1) is 16.5. The van der Waals surface area contributed by atoms with Crippen LogP contribution in [-0.2, 0) is 16.6 Å². The van der Waals surface area contributed by atoms with Crippen molar-refractivity contribution in [2.24, 2.45) is 0 Å². The molecule has 1 aromatic heterocycles. The molecule has 1 N–H and O–H groups in total. The number of nitrogens with zero attached hydrogens (tertiary/aromatic N) is 2. The first-order chi connectivity index (χ1) is 10.4. The fourth-order valence-electron chi connectivity index (χ4n) is 1.78. The second kappa shape index (κ2) is 6.91. The van der Waals surface area contributed by atoms with Crippen LogP contribution in [0, 0.1) is 0 Å². The van der Waals surface area contributed by atoms with E-state index in [1.807, 2.05) is 24.3 Å². The Balaban J connectivity index is 2.00. The highest BCUT2D eigenvalue weighted by Crippen LogP contribution is 2.24. The van der Waals surface area contributed by atoms with Crippen molar-refractivity contribution in [1.82, 2.24) is 14.2 Å². The van der Waals surface area contributed by atoms with Gasteiger partial charge in [-0.1, -0.05) is 17.3 Å². The zero-order valence-corrected chi connectivity index (χ0v) is 13.6. The summed E-state index contributed by atoms with van der Waals surface area (Å²) in [6, 6.07) is 9.23. The Hall–Kier alpha value is -1.90. The van der Waals surface area contributed by atoms with Crippen LogP contribution in [0.15, 0.2) is 34.9 Å². The molecule has 8 heteroatoms. The van der Waals surface area contributed by atoms with Crippen LogP contribution >= 0.6 is 0 Å². The lowest BCUT2D eigenvalue weighted by atomic mass is 10.1. The molecule has 0 amide bonds. The Labute approximate surface area is 130 Å². The van der Waals surface area contributed by atoms with E-state index in [1.165, 1.54) is 14.1 Å². The Morgan fingerprint density at radius 3 is 2.77 bits per heavy atom. The Morgan fingerprint density at radius 2 is 2.09 bits per heavy atom. The number of nitrogens with one attached hydrogen (secondary N) is 1. The first-order valence-electron chi connectivity index (χ1n) is 6.69. The van der Waals surface area contributed by atoms with Crippen LogP contribution in [0.4, 0.5) is 0 Å². The Kier molecular flexibility index (Phi) is 5.17. The van der Waals surface area contributed by atoms with Gasteiger partial charge in [-0.3, -0.25) is 0 Å². The van der Waals surface area contributed by atoms with E-state index in [2.05, 4.69) is 9.88 Å². The third kappa shape index (κ3) is 4.06. The number of benzene rings is 1. The van der Waals surface area contributed by atoms with Gasteiger partial charge in [0.15, 0.2) is 5.76 Å². The summed E-state index contributed by atoms with van der Waals surface area (Å²) in [5, 5.41) is 3.95. The normalized spacial score (nSPS) is 11.8. The van der Waals surface area contributed by atoms with Crippen LogP contribution in [0.5, 0.6) is 5.75 Å². The van der Waals surface area contributed by atoms with Crippen LogP contribution in [0.25, 0.3) is 11.3 Å². The van der Waals surface area contributed by atoms with Crippen molar-refractivity contribution < 1.29 is 17.7 Å². The van der Waals surface area contributed by atoms with Crippen LogP contribution in [0.3, 0.4) is 0 Å². The smallest absolute Gasteiger partial charge is 0.278 e. The number of methoxy groups -OCH3 is 1. The van der Waals surface area contributed by atoms with Gasteiger partial charge in [-0.25, -0.2) is 4.72 Å². The number of ether oxygens (including phenoxy) is 1. The summed E-state index contributed by atoms with van der Waals surface area (Å²) in [5.41, 5.74) is 1.53. The highest BCUT2D eigenvalue weighted by atomic mass is 32.2. The molecule has 0 fully saturated rings. The highest BCUT2D eigenvalue weighted by Gasteiger charge is 2.13. The second-order valence-electron chi connectivity index (χ2n) is 4.85. The van der Waals surface area contributed by atoms with E-state index in [1.54, 1.807) is 13.2 Å². The van der Waals surface area contributed by atoms with E-state index in [-0.39, 0.29) is 6.54 Å². The summed E-state index contributed by atoms with van der Waals surface area (Å²) >= 11 is 0. The molecule has 0 saturated heterocycles. The molecule has 7 nitrogen and oxygen atoms in total. The van der Waals surface area contributed by atoms with Gasteiger partial charge in [0.05, 0.1) is 12.8 Å². The fraction of sp³-hybridized carbons (Fsp3) is 0.357. The average molecular weight is 325 g/mol. The summed E-state index contributed by atoms with van der Waals surface area (Å²) < 4.78 is 37.2. The third-order valence-electron chi connectivity index (χ3n) is 3.06. The molecule has 1 aromatic carbocycles. The maximum Gasteiger partial charge on any atom is 0.278 e. The molecule has 22 heavy (non-hydrogen) atoms. The van der Waals surface area contributed by atoms with E-state index in [9.17, 15) is 8.42 Å². The van der Waals surface area contributed by atoms with E-state index < -0.39 is 10.2 Å². The molecule has 0 radical (unpaired) electrons. The maximum absolute atomic E-state index is 11.6. The van der Waals surface area contributed by atoms with Gasteiger partial charge in [-0.15, -0.1) is 0 Å². The molecule has 0 unspecified atom stereocenters. The van der Waals surface area contributed by atoms with E-state index >= 15 is 0 Å². The minimum Gasteiger partial charge on any atom is -0.497 e. The summed E-state index contributed by atoms with van der Waals surface area (Å²) in [4.78, 5) is 0. The molecular formula is C14H19N3O4S. The average Bonchev–Trinajstić information content (AvgIpc) is 2.96. The number of hydrogen-bond acceptors (Lipinski definition) is 5. The van der Waals surface area contributed by atoms with Gasteiger partial charge in [0.25, 0.3) is 10.2 Å². The van der Waals surface area contributed by atoms with Crippen LogP contribution < -0.4 is 9.46 Å². The lowest BCUT2D eigenvalue weighted by Gasteiger charge is -2.11. The van der Waals surface area contributed by atoms with Crippen LogP contribution in [0.1, 0.15) is 5.69 Å². The quantitative estimate of drug-likeness (QED) is 0.829. The molecule has 0 aliphatic heterocycles. The lowest BCUT2D eigenvalue weighted by Crippen LogP contribution is -2.36. The third-order valence-corrected chi connectivity index (χ3v) is 4.59. The van der Waals surface area contributed by atoms with Gasteiger partial charge < -0.3 is 9.26 Å². The van der Waals surface area contributed by atoms with Gasteiger partial charge in [-0.2, -0.15) is 12.7 Å². The predicted octanol–water partition coefficient (Wildman–Crippen LogP) is 1.29. The molecule has 0 saturated carbocycles. The number of aromatic nitrogens is 1. The number of rotatable bonds is 7. The largest absolute Gasteiger partial charge is 0.497 e. The topological polar surface area (TPSA) is 84.7 Å². The van der Waals surface area contributed by atoms with Crippen LogP contribution in [0.2, 0.25) is 0 Å². The molecule has 2 aromatic rings. The monoisotopic (exact) mass is 325 g/mol. The summed E-state index contributed by atoms with van der Waals surface area (Å²) in [6.45, 7) is 0.255. The van der Waals surface area contributed by atoms with Crippen molar-refractivity contribution in [3.63, 3.8) is 0 Å². The molecular weight excluding hydrogens is 306 g/mol. The van der Waals surface area contributed by atoms with Crippen molar-refractivity contribution >= 4 is 10.2 Å². The van der Waals surface area contributed by atoms with E-state index in [4.69, 9.17) is 9.26 Å². The minimum atomic E-state index is -3.41. The molecule has 0 spiro atoms. The van der Waals surface area contributed by atoms with Gasteiger partial charge >= 0.3 is 0 Å². The summed E-state index contributed by atoms with van der Waals surface area (Å²) in [7, 11) is 1.13. The fourth-order valence-corrected chi connectivity index (χ4v) is 2.40. The Bertz CT molecular complexity index is 725. The first-order valence-corrected chi connectivity index (χ1v) is 8.13. The van der Waals surface area contributed by atoms with Gasteiger partial charge in [0.1, 0.15) is 5.75 Å². The predicted molar refractivity (Wildman–Crippen MR) is 82.8 cm³/mol. The zero-order chi connectivity index (χ0) is 16.2. The molecule has 2 rings (SSSR count). The van der Waals surface area contributed by atoms with Crippen molar-refractivity contribution in [3.8, 4) is 17.1 Å². The Morgan fingerprint density at radius 1 is 1.32 bits per heavy atom. The highest BCUT2D eigenvalue weighted by molar-refractivity contribution is 7.87.